The summed E-state index contributed by atoms with van der Waals surface area (Å²) in [4.78, 5) is 12.4. The van der Waals surface area contributed by atoms with Crippen molar-refractivity contribution in [3.63, 3.8) is 0 Å². The third-order valence-corrected chi connectivity index (χ3v) is 4.79. The summed E-state index contributed by atoms with van der Waals surface area (Å²) in [7, 11) is 4.67. The van der Waals surface area contributed by atoms with Gasteiger partial charge in [-0.15, -0.1) is 0 Å². The molecule has 3 rings (SSSR count). The predicted octanol–water partition coefficient (Wildman–Crippen LogP) is 4.95. The fourth-order valence-corrected chi connectivity index (χ4v) is 3.13. The normalized spacial score (nSPS) is 11.0. The molecule has 1 amide bonds. The highest BCUT2D eigenvalue weighted by molar-refractivity contribution is 6.03. The molecule has 33 heavy (non-hydrogen) atoms. The topological polar surface area (TPSA) is 97.3 Å². The summed E-state index contributed by atoms with van der Waals surface area (Å²) in [5.74, 6) is 0.797. The molecule has 0 heterocycles. The molecule has 3 aromatic carbocycles. The maximum Gasteiger partial charge on any atom is 0.248 e. The van der Waals surface area contributed by atoms with Crippen molar-refractivity contribution in [2.75, 3.05) is 26.6 Å². The number of ether oxygens (including phenoxy) is 3. The fourth-order valence-electron chi connectivity index (χ4n) is 3.13. The highest BCUT2D eigenvalue weighted by Crippen LogP contribution is 2.38. The lowest BCUT2D eigenvalue weighted by Crippen LogP contribution is -2.08. The van der Waals surface area contributed by atoms with Gasteiger partial charge in [0.1, 0.15) is 0 Å². The molecular formula is C26H25NO6. The molecule has 0 atom stereocenters. The molecule has 170 valence electrons. The van der Waals surface area contributed by atoms with Crippen LogP contribution in [0.3, 0.4) is 0 Å². The first-order chi connectivity index (χ1) is 15.9. The minimum atomic E-state index is -0.337. The molecule has 0 saturated heterocycles. The lowest BCUT2D eigenvalue weighted by Gasteiger charge is -2.13. The van der Waals surface area contributed by atoms with Crippen molar-refractivity contribution >= 4 is 29.8 Å². The van der Waals surface area contributed by atoms with Crippen LogP contribution in [-0.4, -0.2) is 37.4 Å². The van der Waals surface area contributed by atoms with E-state index in [9.17, 15) is 15.0 Å². The molecule has 0 radical (unpaired) electrons. The van der Waals surface area contributed by atoms with Gasteiger partial charge in [-0.1, -0.05) is 36.4 Å². The van der Waals surface area contributed by atoms with E-state index in [0.717, 1.165) is 11.1 Å². The number of nitrogens with one attached hydrogen (secondary N) is 1. The van der Waals surface area contributed by atoms with Crippen molar-refractivity contribution in [3.8, 4) is 28.7 Å². The zero-order chi connectivity index (χ0) is 23.8. The van der Waals surface area contributed by atoms with Crippen LogP contribution in [0.1, 0.15) is 16.7 Å². The van der Waals surface area contributed by atoms with E-state index in [1.807, 2.05) is 42.5 Å². The van der Waals surface area contributed by atoms with Gasteiger partial charge in [0.05, 0.1) is 21.3 Å². The largest absolute Gasteiger partial charge is 0.504 e. The fraction of sp³-hybridized carbons (Fsp3) is 0.115. The van der Waals surface area contributed by atoms with Gasteiger partial charge < -0.3 is 29.7 Å². The van der Waals surface area contributed by atoms with Gasteiger partial charge in [-0.3, -0.25) is 4.79 Å². The van der Waals surface area contributed by atoms with E-state index in [0.29, 0.717) is 28.5 Å². The molecule has 7 heteroatoms. The number of phenols is 2. The lowest BCUT2D eigenvalue weighted by molar-refractivity contribution is -0.111. The molecule has 7 nitrogen and oxygen atoms in total. The lowest BCUT2D eigenvalue weighted by atomic mass is 10.1. The number of rotatable bonds is 8. The SMILES string of the molecule is COc1cc(/C=C/c2ccccc2NC(=O)/C=C/c2ccc(O)c(O)c2)cc(OC)c1OC. The molecule has 0 aliphatic carbocycles. The van der Waals surface area contributed by atoms with Crippen molar-refractivity contribution in [1.29, 1.82) is 0 Å². The first-order valence-corrected chi connectivity index (χ1v) is 10.0. The maximum atomic E-state index is 12.4. The van der Waals surface area contributed by atoms with Crippen LogP contribution in [-0.2, 0) is 4.79 Å². The number of aromatic hydroxyl groups is 2. The number of hydrogen-bond donors (Lipinski definition) is 3. The Kier molecular flexibility index (Phi) is 7.60. The first kappa shape index (κ1) is 23.3. The number of phenolic OH excluding ortho intramolecular Hbond substituents is 2. The number of anilines is 1. The number of carbonyl (C=O) groups is 1. The van der Waals surface area contributed by atoms with E-state index in [1.165, 1.54) is 18.2 Å². The maximum absolute atomic E-state index is 12.4. The molecule has 0 aliphatic rings. The Morgan fingerprint density at radius 3 is 2.12 bits per heavy atom. The Labute approximate surface area is 192 Å². The molecular weight excluding hydrogens is 422 g/mol. The van der Waals surface area contributed by atoms with Gasteiger partial charge in [0.2, 0.25) is 11.7 Å². The van der Waals surface area contributed by atoms with Gasteiger partial charge >= 0.3 is 0 Å². The molecule has 0 fully saturated rings. The third-order valence-electron chi connectivity index (χ3n) is 4.79. The number of benzene rings is 3. The summed E-state index contributed by atoms with van der Waals surface area (Å²) in [5, 5.41) is 21.8. The Balaban J connectivity index is 1.79. The van der Waals surface area contributed by atoms with Crippen LogP contribution >= 0.6 is 0 Å². The van der Waals surface area contributed by atoms with Crippen molar-refractivity contribution < 1.29 is 29.2 Å². The molecule has 0 aliphatic heterocycles. The van der Waals surface area contributed by atoms with E-state index in [-0.39, 0.29) is 17.4 Å². The van der Waals surface area contributed by atoms with Gasteiger partial charge in [-0.2, -0.15) is 0 Å². The summed E-state index contributed by atoms with van der Waals surface area (Å²) in [6, 6.07) is 15.4. The second kappa shape index (κ2) is 10.8. The number of para-hydroxylation sites is 1. The molecule has 0 spiro atoms. The Bertz CT molecular complexity index is 1170. The van der Waals surface area contributed by atoms with E-state index in [2.05, 4.69) is 5.32 Å². The Morgan fingerprint density at radius 2 is 1.48 bits per heavy atom. The van der Waals surface area contributed by atoms with Crippen molar-refractivity contribution in [3.05, 3.63) is 77.4 Å². The highest BCUT2D eigenvalue weighted by atomic mass is 16.5. The first-order valence-electron chi connectivity index (χ1n) is 10.0. The number of carbonyl (C=O) groups excluding carboxylic acids is 1. The summed E-state index contributed by atoms with van der Waals surface area (Å²) >= 11 is 0. The third kappa shape index (κ3) is 5.86. The van der Waals surface area contributed by atoms with Gasteiger partial charge in [-0.05, 0) is 53.1 Å². The van der Waals surface area contributed by atoms with Crippen LogP contribution in [0.2, 0.25) is 0 Å². The van der Waals surface area contributed by atoms with Crippen LogP contribution in [0.5, 0.6) is 28.7 Å². The Morgan fingerprint density at radius 1 is 0.788 bits per heavy atom. The van der Waals surface area contributed by atoms with E-state index in [1.54, 1.807) is 39.5 Å². The predicted molar refractivity (Wildman–Crippen MR) is 129 cm³/mol. The van der Waals surface area contributed by atoms with Crippen molar-refractivity contribution in [1.82, 2.24) is 0 Å². The smallest absolute Gasteiger partial charge is 0.248 e. The van der Waals surface area contributed by atoms with Crippen LogP contribution in [0.15, 0.2) is 60.7 Å². The minimum absolute atomic E-state index is 0.218. The number of methoxy groups -OCH3 is 3. The summed E-state index contributed by atoms with van der Waals surface area (Å²) in [6.45, 7) is 0. The zero-order valence-corrected chi connectivity index (χ0v) is 18.5. The van der Waals surface area contributed by atoms with Gasteiger partial charge in [0.15, 0.2) is 23.0 Å². The minimum Gasteiger partial charge on any atom is -0.504 e. The molecule has 3 N–H and O–H groups in total. The van der Waals surface area contributed by atoms with Crippen LogP contribution in [0.4, 0.5) is 5.69 Å². The Hall–Kier alpha value is -4.39. The second-order valence-corrected chi connectivity index (χ2v) is 6.95. The van der Waals surface area contributed by atoms with Gasteiger partial charge in [0.25, 0.3) is 0 Å². The molecule has 0 unspecified atom stereocenters. The number of hydrogen-bond acceptors (Lipinski definition) is 6. The monoisotopic (exact) mass is 447 g/mol. The van der Waals surface area contributed by atoms with Crippen LogP contribution in [0.25, 0.3) is 18.2 Å². The molecule has 0 saturated carbocycles. The quantitative estimate of drug-likeness (QED) is 0.257. The molecule has 0 bridgehead atoms. The zero-order valence-electron chi connectivity index (χ0n) is 18.5. The van der Waals surface area contributed by atoms with Crippen molar-refractivity contribution in [2.24, 2.45) is 0 Å². The standard InChI is InChI=1S/C26H25NO6/c1-31-23-15-18(16-24(32-2)26(23)33-3)8-11-19-6-4-5-7-20(19)27-25(30)13-10-17-9-12-21(28)22(29)14-17/h4-16,28-29H,1-3H3,(H,27,30)/b11-8+,13-10+. The highest BCUT2D eigenvalue weighted by Gasteiger charge is 2.12. The van der Waals surface area contributed by atoms with Gasteiger partial charge in [0, 0.05) is 11.8 Å². The van der Waals surface area contributed by atoms with Crippen LogP contribution in [0, 0.1) is 0 Å². The van der Waals surface area contributed by atoms with E-state index < -0.39 is 0 Å². The van der Waals surface area contributed by atoms with Gasteiger partial charge in [-0.25, -0.2) is 0 Å². The average molecular weight is 447 g/mol. The summed E-state index contributed by atoms with van der Waals surface area (Å²) in [5.41, 5.74) is 2.84. The number of amides is 1. The molecule has 0 aromatic heterocycles. The summed E-state index contributed by atoms with van der Waals surface area (Å²) in [6.07, 6.45) is 6.65. The van der Waals surface area contributed by atoms with E-state index in [4.69, 9.17) is 14.2 Å². The van der Waals surface area contributed by atoms with Crippen molar-refractivity contribution in [2.45, 2.75) is 0 Å². The molecule has 3 aromatic rings. The average Bonchev–Trinajstić information content (AvgIpc) is 2.83. The van der Waals surface area contributed by atoms with E-state index >= 15 is 0 Å². The van der Waals surface area contributed by atoms with Crippen LogP contribution < -0.4 is 19.5 Å². The summed E-state index contributed by atoms with van der Waals surface area (Å²) < 4.78 is 16.1. The second-order valence-electron chi connectivity index (χ2n) is 6.95.